The number of nitrogens with one attached hydrogen (secondary N) is 3. The van der Waals surface area contributed by atoms with Crippen molar-refractivity contribution in [1.29, 1.82) is 0 Å². The molecule has 0 saturated carbocycles. The van der Waals surface area contributed by atoms with Gasteiger partial charge in [0.15, 0.2) is 0 Å². The van der Waals surface area contributed by atoms with Crippen LogP contribution in [0.3, 0.4) is 0 Å². The topological polar surface area (TPSA) is 162 Å². The summed E-state index contributed by atoms with van der Waals surface area (Å²) in [6, 6.07) is 4.14. The number of nitrogens with two attached hydrogens (primary N) is 1. The first-order valence-electron chi connectivity index (χ1n) is 15.2. The molecule has 5 amide bonds. The summed E-state index contributed by atoms with van der Waals surface area (Å²) in [5.74, 6) is -0.0757. The lowest BCUT2D eigenvalue weighted by molar-refractivity contribution is -0.166. The van der Waals surface area contributed by atoms with E-state index in [1.165, 1.54) is 17.0 Å². The summed E-state index contributed by atoms with van der Waals surface area (Å²) in [7, 11) is 3.28. The Kier molecular flexibility index (Phi) is 11.3. The standard InChI is InChI=1S/C29H41F3N8O4S/c1-39(23(41)9-4-3-8-22-24-21(17-45-22)35-27(44)36-24)15-16-40(2)26(43)20(7-5-6-14-33)34-25(42)18-10-12-19(13-11-18)28(37-38-28)29(30,31)32/h10-13,20-22,24H,3-9,14-17,33H2,1-2H3,(H,34,42)(H2,35,36,44)/t20-,21+,22+,24+/m0/s1. The molecule has 0 spiro atoms. The van der Waals surface area contributed by atoms with Crippen molar-refractivity contribution in [2.45, 2.75) is 80.2 Å². The van der Waals surface area contributed by atoms with Gasteiger partial charge < -0.3 is 31.5 Å². The zero-order chi connectivity index (χ0) is 32.8. The molecule has 4 atom stereocenters. The largest absolute Gasteiger partial charge is 0.442 e. The average Bonchev–Trinajstić information content (AvgIpc) is 3.65. The van der Waals surface area contributed by atoms with Crippen molar-refractivity contribution < 1.29 is 32.3 Å². The number of carbonyl (C=O) groups is 4. The molecule has 1 aromatic carbocycles. The molecule has 45 heavy (non-hydrogen) atoms. The molecule has 0 radical (unpaired) electrons. The van der Waals surface area contributed by atoms with Crippen molar-refractivity contribution in [3.05, 3.63) is 35.4 Å². The van der Waals surface area contributed by atoms with Gasteiger partial charge in [0.25, 0.3) is 5.91 Å². The maximum absolute atomic E-state index is 13.3. The second-order valence-corrected chi connectivity index (χ2v) is 13.0. The highest BCUT2D eigenvalue weighted by Crippen LogP contribution is 2.52. The molecular formula is C29H41F3N8O4S. The number of hydrogen-bond donors (Lipinski definition) is 4. The number of nitrogens with zero attached hydrogens (tertiary/aromatic N) is 4. The van der Waals surface area contributed by atoms with Gasteiger partial charge in [-0.1, -0.05) is 18.6 Å². The number of halogens is 3. The molecule has 248 valence electrons. The fraction of sp³-hybridized carbons (Fsp3) is 0.655. The normalized spacial score (nSPS) is 21.8. The van der Waals surface area contributed by atoms with E-state index in [0.717, 1.165) is 37.1 Å². The van der Waals surface area contributed by atoms with Crippen LogP contribution in [0.25, 0.3) is 0 Å². The molecule has 3 heterocycles. The van der Waals surface area contributed by atoms with Gasteiger partial charge in [0, 0.05) is 55.7 Å². The second kappa shape index (κ2) is 14.8. The molecular weight excluding hydrogens is 613 g/mol. The molecule has 0 bridgehead atoms. The second-order valence-electron chi connectivity index (χ2n) is 11.7. The third-order valence-corrected chi connectivity index (χ3v) is 9.94. The van der Waals surface area contributed by atoms with Crippen LogP contribution in [0.15, 0.2) is 34.5 Å². The Morgan fingerprint density at radius 2 is 1.76 bits per heavy atom. The highest BCUT2D eigenvalue weighted by molar-refractivity contribution is 8.00. The number of likely N-dealkylation sites (N-methyl/N-ethyl adjacent to an activating group) is 2. The third-order valence-electron chi connectivity index (χ3n) is 8.44. The number of urea groups is 1. The van der Waals surface area contributed by atoms with Crippen molar-refractivity contribution in [1.82, 2.24) is 25.8 Å². The lowest BCUT2D eigenvalue weighted by atomic mass is 10.0. The van der Waals surface area contributed by atoms with E-state index >= 15 is 0 Å². The highest BCUT2D eigenvalue weighted by atomic mass is 32.2. The third kappa shape index (κ3) is 8.45. The molecule has 0 aromatic heterocycles. The van der Waals surface area contributed by atoms with Gasteiger partial charge in [-0.25, -0.2) is 4.79 Å². The van der Waals surface area contributed by atoms with Crippen LogP contribution >= 0.6 is 11.8 Å². The summed E-state index contributed by atoms with van der Waals surface area (Å²) in [6.07, 6.45) is -0.216. The predicted octanol–water partition coefficient (Wildman–Crippen LogP) is 2.74. The number of amides is 5. The minimum Gasteiger partial charge on any atom is -0.344 e. The number of benzene rings is 1. The quantitative estimate of drug-likeness (QED) is 0.158. The van der Waals surface area contributed by atoms with Gasteiger partial charge in [-0.15, -0.1) is 10.2 Å². The van der Waals surface area contributed by atoms with Gasteiger partial charge in [0.2, 0.25) is 11.8 Å². The molecule has 4 rings (SSSR count). The zero-order valence-corrected chi connectivity index (χ0v) is 26.3. The monoisotopic (exact) mass is 654 g/mol. The van der Waals surface area contributed by atoms with Crippen LogP contribution in [0.4, 0.5) is 18.0 Å². The van der Waals surface area contributed by atoms with Gasteiger partial charge >= 0.3 is 17.9 Å². The van der Waals surface area contributed by atoms with E-state index in [1.807, 2.05) is 11.8 Å². The highest BCUT2D eigenvalue weighted by Gasteiger charge is 2.65. The number of alkyl halides is 3. The van der Waals surface area contributed by atoms with Gasteiger partial charge in [0.1, 0.15) is 6.04 Å². The summed E-state index contributed by atoms with van der Waals surface area (Å²) in [5.41, 5.74) is 2.93. The van der Waals surface area contributed by atoms with Crippen LogP contribution in [0.2, 0.25) is 0 Å². The lowest BCUT2D eigenvalue weighted by Gasteiger charge is -2.27. The molecule has 3 aliphatic heterocycles. The molecule has 3 aliphatic rings. The number of thioether (sulfide) groups is 1. The van der Waals surface area contributed by atoms with Gasteiger partial charge in [-0.05, 0) is 50.8 Å². The van der Waals surface area contributed by atoms with E-state index in [-0.39, 0.29) is 47.6 Å². The molecule has 0 unspecified atom stereocenters. The maximum Gasteiger partial charge on any atom is 0.442 e. The fourth-order valence-corrected chi connectivity index (χ4v) is 7.09. The van der Waals surface area contributed by atoms with Crippen LogP contribution < -0.4 is 21.7 Å². The summed E-state index contributed by atoms with van der Waals surface area (Å²) in [5, 5.41) is 15.3. The minimum absolute atomic E-state index is 0.0287. The smallest absolute Gasteiger partial charge is 0.344 e. The van der Waals surface area contributed by atoms with Crippen molar-refractivity contribution in [3.63, 3.8) is 0 Å². The average molecular weight is 655 g/mol. The van der Waals surface area contributed by atoms with E-state index in [1.54, 1.807) is 19.0 Å². The first kappa shape index (κ1) is 34.5. The predicted molar refractivity (Wildman–Crippen MR) is 162 cm³/mol. The summed E-state index contributed by atoms with van der Waals surface area (Å²) in [6.45, 7) is 0.980. The number of fused-ring (bicyclic) bond motifs is 1. The first-order valence-corrected chi connectivity index (χ1v) is 16.2. The fourth-order valence-electron chi connectivity index (χ4n) is 5.54. The van der Waals surface area contributed by atoms with Crippen molar-refractivity contribution in [2.24, 2.45) is 16.0 Å². The number of carbonyl (C=O) groups excluding carboxylic acids is 4. The first-order chi connectivity index (χ1) is 21.4. The van der Waals surface area contributed by atoms with Crippen LogP contribution in [0.1, 0.15) is 60.9 Å². The Labute approximate surface area is 264 Å². The lowest BCUT2D eigenvalue weighted by Crippen LogP contribution is -2.49. The number of unbranched alkanes of at least 4 members (excludes halogenated alkanes) is 2. The molecule has 2 saturated heterocycles. The number of hydrogen-bond acceptors (Lipinski definition) is 8. The van der Waals surface area contributed by atoms with Gasteiger partial charge in [-0.2, -0.15) is 24.9 Å². The van der Waals surface area contributed by atoms with E-state index in [0.29, 0.717) is 44.0 Å². The zero-order valence-electron chi connectivity index (χ0n) is 25.4. The van der Waals surface area contributed by atoms with Crippen LogP contribution in [0.5, 0.6) is 0 Å². The summed E-state index contributed by atoms with van der Waals surface area (Å²) < 4.78 is 39.9. The maximum atomic E-state index is 13.3. The minimum atomic E-state index is -4.67. The van der Waals surface area contributed by atoms with Crippen molar-refractivity contribution >= 4 is 35.5 Å². The molecule has 0 aliphatic carbocycles. The van der Waals surface area contributed by atoms with E-state index in [4.69, 9.17) is 5.73 Å². The van der Waals surface area contributed by atoms with Gasteiger partial charge in [0.05, 0.1) is 12.1 Å². The van der Waals surface area contributed by atoms with E-state index in [2.05, 4.69) is 26.2 Å². The molecule has 12 nitrogen and oxygen atoms in total. The summed E-state index contributed by atoms with van der Waals surface area (Å²) in [4.78, 5) is 53.6. The Bertz CT molecular complexity index is 1260. The summed E-state index contributed by atoms with van der Waals surface area (Å²) >= 11 is 1.84. The van der Waals surface area contributed by atoms with Crippen LogP contribution in [-0.2, 0) is 15.3 Å². The molecule has 16 heteroatoms. The Morgan fingerprint density at radius 3 is 2.40 bits per heavy atom. The molecule has 5 N–H and O–H groups in total. The van der Waals surface area contributed by atoms with Gasteiger partial charge in [-0.3, -0.25) is 14.4 Å². The van der Waals surface area contributed by atoms with Crippen LogP contribution in [-0.4, -0.2) is 103 Å². The molecule has 1 aromatic rings. The van der Waals surface area contributed by atoms with E-state index in [9.17, 15) is 32.3 Å². The Morgan fingerprint density at radius 1 is 1.07 bits per heavy atom. The number of rotatable bonds is 16. The van der Waals surface area contributed by atoms with Crippen molar-refractivity contribution in [2.75, 3.05) is 39.5 Å². The van der Waals surface area contributed by atoms with E-state index < -0.39 is 23.8 Å². The SMILES string of the molecule is CN(CCN(C)C(=O)[C@H](CCCCN)NC(=O)c1ccc(C2(C(F)(F)F)N=N2)cc1)C(=O)CCCC[C@H]1SC[C@H]2NC(=O)N[C@H]21. The van der Waals surface area contributed by atoms with Crippen LogP contribution in [0, 0.1) is 0 Å². The van der Waals surface area contributed by atoms with Crippen molar-refractivity contribution in [3.8, 4) is 0 Å². The Hall–Kier alpha value is -3.40. The Balaban J connectivity index is 1.22. The molecule has 2 fully saturated rings.